The molecule has 0 saturated carbocycles. The van der Waals surface area contributed by atoms with E-state index in [1.54, 1.807) is 18.3 Å². The summed E-state index contributed by atoms with van der Waals surface area (Å²) in [4.78, 5) is 32.2. The van der Waals surface area contributed by atoms with Crippen molar-refractivity contribution in [3.63, 3.8) is 0 Å². The van der Waals surface area contributed by atoms with E-state index >= 15 is 0 Å². The van der Waals surface area contributed by atoms with Gasteiger partial charge in [-0.2, -0.15) is 13.2 Å². The second-order valence-electron chi connectivity index (χ2n) is 8.72. The highest BCUT2D eigenvalue weighted by atomic mass is 19.4. The molecule has 1 amide bonds. The second-order valence-corrected chi connectivity index (χ2v) is 8.72. The van der Waals surface area contributed by atoms with Gasteiger partial charge in [-0.3, -0.25) is 4.79 Å². The number of amides is 1. The Bertz CT molecular complexity index is 1280. The van der Waals surface area contributed by atoms with E-state index in [-0.39, 0.29) is 30.8 Å². The number of rotatable bonds is 3. The summed E-state index contributed by atoms with van der Waals surface area (Å²) in [7, 11) is 0. The molecule has 1 N–H and O–H groups in total. The average molecular weight is 526 g/mol. The van der Waals surface area contributed by atoms with Crippen LogP contribution in [0.3, 0.4) is 0 Å². The van der Waals surface area contributed by atoms with Gasteiger partial charge in [0.25, 0.3) is 5.92 Å². The number of carboxylic acid groups (broad SMARTS) is 1. The van der Waals surface area contributed by atoms with Crippen molar-refractivity contribution in [3.05, 3.63) is 54.6 Å². The fourth-order valence-corrected chi connectivity index (χ4v) is 4.32. The van der Waals surface area contributed by atoms with E-state index in [9.17, 15) is 26.7 Å². The van der Waals surface area contributed by atoms with Crippen LogP contribution in [0.15, 0.2) is 48.8 Å². The number of aliphatic carboxylic acids is 1. The minimum atomic E-state index is -5.08. The highest BCUT2D eigenvalue weighted by Crippen LogP contribution is 2.34. The van der Waals surface area contributed by atoms with Crippen LogP contribution in [0.25, 0.3) is 10.9 Å². The molecule has 0 spiro atoms. The van der Waals surface area contributed by atoms with Gasteiger partial charge in [-0.1, -0.05) is 18.2 Å². The summed E-state index contributed by atoms with van der Waals surface area (Å²) in [6.07, 6.45) is -1.87. The zero-order valence-corrected chi connectivity index (χ0v) is 19.4. The van der Waals surface area contributed by atoms with E-state index in [1.165, 1.54) is 4.90 Å². The Kier molecular flexibility index (Phi) is 7.32. The van der Waals surface area contributed by atoms with E-state index in [0.29, 0.717) is 11.9 Å². The average Bonchev–Trinajstić information content (AvgIpc) is 3.34. The number of hydrogen-bond donors (Lipinski definition) is 1. The monoisotopic (exact) mass is 526 g/mol. The summed E-state index contributed by atoms with van der Waals surface area (Å²) >= 11 is 0. The van der Waals surface area contributed by atoms with Crippen LogP contribution in [0.1, 0.15) is 31.0 Å². The highest BCUT2D eigenvalue weighted by Gasteiger charge is 2.48. The van der Waals surface area contributed by atoms with Gasteiger partial charge in [0.05, 0.1) is 18.0 Å². The number of piperidine rings is 1. The third kappa shape index (κ3) is 5.97. The molecule has 1 fully saturated rings. The van der Waals surface area contributed by atoms with Crippen LogP contribution in [-0.2, 0) is 16.1 Å². The number of fused-ring (bicyclic) bond motifs is 2. The number of benzene rings is 1. The molecule has 13 heteroatoms. The molecule has 2 atom stereocenters. The Labute approximate surface area is 207 Å². The maximum Gasteiger partial charge on any atom is 0.490 e. The predicted octanol–water partition coefficient (Wildman–Crippen LogP) is 4.26. The van der Waals surface area contributed by atoms with Crippen LogP contribution in [0.2, 0.25) is 0 Å². The standard InChI is InChI=1S/C22H22F2N4O2.C2HF3O2/c23-22(24)9-12-28(21(29)16-5-3-11-27-13-10-25-20(16)27)14-18(22)30-19-8-7-15-4-1-2-6-17(15)26-19;3-2(4,5)1(6)7/h1-2,4,6-8,10,13,16,18H,3,5,9,11-12,14H2;(H,6,7)/t16?,18-;/m0./s1. The van der Waals surface area contributed by atoms with Gasteiger partial charge in [0, 0.05) is 43.4 Å². The number of nitrogens with zero attached hydrogens (tertiary/aromatic N) is 4. The van der Waals surface area contributed by atoms with Crippen molar-refractivity contribution in [3.8, 4) is 5.88 Å². The van der Waals surface area contributed by atoms with Gasteiger partial charge in [-0.15, -0.1) is 0 Å². The fourth-order valence-electron chi connectivity index (χ4n) is 4.32. The molecule has 0 radical (unpaired) electrons. The number of alkyl halides is 5. The summed E-state index contributed by atoms with van der Waals surface area (Å²) in [6.45, 7) is 0.669. The number of carbonyl (C=O) groups excluding carboxylic acids is 1. The first-order valence-corrected chi connectivity index (χ1v) is 11.5. The Hall–Kier alpha value is -3.77. The van der Waals surface area contributed by atoms with Crippen LogP contribution in [0.5, 0.6) is 5.88 Å². The van der Waals surface area contributed by atoms with Crippen LogP contribution in [-0.4, -0.2) is 67.7 Å². The minimum absolute atomic E-state index is 0.00799. The number of hydrogen-bond acceptors (Lipinski definition) is 5. The molecular weight excluding hydrogens is 503 g/mol. The van der Waals surface area contributed by atoms with Gasteiger partial charge >= 0.3 is 12.1 Å². The van der Waals surface area contributed by atoms with Gasteiger partial charge < -0.3 is 19.3 Å². The van der Waals surface area contributed by atoms with Crippen molar-refractivity contribution in [1.82, 2.24) is 19.4 Å². The van der Waals surface area contributed by atoms with Gasteiger partial charge in [0.15, 0.2) is 6.10 Å². The van der Waals surface area contributed by atoms with E-state index in [1.807, 2.05) is 35.0 Å². The molecule has 4 heterocycles. The summed E-state index contributed by atoms with van der Waals surface area (Å²) < 4.78 is 68.6. The summed E-state index contributed by atoms with van der Waals surface area (Å²) in [5.74, 6) is -5.47. The largest absolute Gasteiger partial charge is 0.490 e. The van der Waals surface area contributed by atoms with Crippen molar-refractivity contribution in [2.24, 2.45) is 0 Å². The summed E-state index contributed by atoms with van der Waals surface area (Å²) in [5.41, 5.74) is 0.677. The molecule has 1 unspecified atom stereocenters. The second kappa shape index (κ2) is 10.3. The number of aromatic nitrogens is 3. The van der Waals surface area contributed by atoms with E-state index in [0.717, 1.165) is 24.2 Å². The minimum Gasteiger partial charge on any atom is -0.475 e. The number of aryl methyl sites for hydroxylation is 1. The quantitative estimate of drug-likeness (QED) is 0.513. The number of carboxylic acids is 1. The number of likely N-dealkylation sites (tertiary alicyclic amines) is 1. The number of imidazole rings is 1. The molecule has 37 heavy (non-hydrogen) atoms. The van der Waals surface area contributed by atoms with Gasteiger partial charge in [-0.25, -0.2) is 23.5 Å². The molecule has 0 bridgehead atoms. The molecule has 3 aromatic rings. The first kappa shape index (κ1) is 26.3. The van der Waals surface area contributed by atoms with Gasteiger partial charge in [-0.05, 0) is 25.0 Å². The predicted molar refractivity (Wildman–Crippen MR) is 120 cm³/mol. The first-order valence-electron chi connectivity index (χ1n) is 11.5. The Balaban J connectivity index is 0.000000405. The van der Waals surface area contributed by atoms with Crippen LogP contribution in [0, 0.1) is 0 Å². The van der Waals surface area contributed by atoms with Crippen molar-refractivity contribution in [2.45, 2.75) is 49.9 Å². The Morgan fingerprint density at radius 3 is 2.57 bits per heavy atom. The molecule has 1 saturated heterocycles. The topological polar surface area (TPSA) is 97.5 Å². The fraction of sp³-hybridized carbons (Fsp3) is 0.417. The SMILES string of the molecule is O=C(C1CCCn2ccnc21)N1CCC(F)(F)[C@@H](Oc2ccc3ccccc3n2)C1.O=C(O)C(F)(F)F. The third-order valence-corrected chi connectivity index (χ3v) is 6.21. The maximum atomic E-state index is 14.6. The smallest absolute Gasteiger partial charge is 0.475 e. The van der Waals surface area contributed by atoms with Crippen molar-refractivity contribution >= 4 is 22.8 Å². The molecule has 198 valence electrons. The van der Waals surface area contributed by atoms with Gasteiger partial charge in [0.1, 0.15) is 5.82 Å². The zero-order chi connectivity index (χ0) is 26.8. The van der Waals surface area contributed by atoms with Crippen molar-refractivity contribution < 1.29 is 41.4 Å². The third-order valence-electron chi connectivity index (χ3n) is 6.21. The lowest BCUT2D eigenvalue weighted by atomic mass is 9.95. The van der Waals surface area contributed by atoms with Crippen LogP contribution >= 0.6 is 0 Å². The van der Waals surface area contributed by atoms with E-state index in [2.05, 4.69) is 9.97 Å². The zero-order valence-electron chi connectivity index (χ0n) is 19.4. The number of carbonyl (C=O) groups is 2. The van der Waals surface area contributed by atoms with Crippen LogP contribution < -0.4 is 4.74 Å². The molecule has 5 rings (SSSR count). The van der Waals surface area contributed by atoms with Crippen molar-refractivity contribution in [2.75, 3.05) is 13.1 Å². The number of halogens is 5. The molecule has 2 aliphatic heterocycles. The molecule has 0 aliphatic carbocycles. The van der Waals surface area contributed by atoms with Crippen LogP contribution in [0.4, 0.5) is 22.0 Å². The summed E-state index contributed by atoms with van der Waals surface area (Å²) in [5, 5.41) is 8.03. The lowest BCUT2D eigenvalue weighted by Crippen LogP contribution is -2.56. The Morgan fingerprint density at radius 1 is 1.11 bits per heavy atom. The highest BCUT2D eigenvalue weighted by molar-refractivity contribution is 5.83. The maximum absolute atomic E-state index is 14.6. The Morgan fingerprint density at radius 2 is 1.84 bits per heavy atom. The lowest BCUT2D eigenvalue weighted by molar-refractivity contribution is -0.192. The molecular formula is C24H23F5N4O4. The molecule has 8 nitrogen and oxygen atoms in total. The molecule has 1 aromatic carbocycles. The lowest BCUT2D eigenvalue weighted by Gasteiger charge is -2.39. The number of ether oxygens (including phenoxy) is 1. The van der Waals surface area contributed by atoms with Gasteiger partial charge in [0.2, 0.25) is 11.8 Å². The summed E-state index contributed by atoms with van der Waals surface area (Å²) in [6, 6.07) is 10.8. The normalized spacial score (nSPS) is 20.9. The molecule has 2 aliphatic rings. The number of para-hydroxylation sites is 1. The molecule has 2 aromatic heterocycles. The van der Waals surface area contributed by atoms with E-state index in [4.69, 9.17) is 14.6 Å². The number of pyridine rings is 1. The van der Waals surface area contributed by atoms with Crippen molar-refractivity contribution in [1.29, 1.82) is 0 Å². The van der Waals surface area contributed by atoms with E-state index < -0.39 is 30.6 Å². The first-order chi connectivity index (χ1) is 17.5.